The second kappa shape index (κ2) is 8.96. The van der Waals surface area contributed by atoms with Crippen LogP contribution in [0, 0.1) is 0 Å². The molecule has 0 aliphatic carbocycles. The molecule has 0 unspecified atom stereocenters. The molecule has 2 aliphatic rings. The van der Waals surface area contributed by atoms with E-state index in [9.17, 15) is 13.2 Å². The largest absolute Gasteiger partial charge is 0.371 e. The number of rotatable bonds is 5. The van der Waals surface area contributed by atoms with Gasteiger partial charge >= 0.3 is 0 Å². The van der Waals surface area contributed by atoms with E-state index in [0.717, 1.165) is 50.9 Å². The van der Waals surface area contributed by atoms with Crippen molar-refractivity contribution in [2.75, 3.05) is 36.4 Å². The minimum Gasteiger partial charge on any atom is -0.371 e. The molecule has 6 nitrogen and oxygen atoms in total. The zero-order chi connectivity index (χ0) is 21.1. The average molecular weight is 448 g/mol. The van der Waals surface area contributed by atoms with Crippen molar-refractivity contribution in [3.8, 4) is 0 Å². The molecule has 0 saturated carbocycles. The second-order valence-electron chi connectivity index (χ2n) is 7.80. The van der Waals surface area contributed by atoms with Crippen LogP contribution in [-0.2, 0) is 10.0 Å². The van der Waals surface area contributed by atoms with E-state index in [-0.39, 0.29) is 10.8 Å². The van der Waals surface area contributed by atoms with E-state index in [2.05, 4.69) is 10.2 Å². The molecule has 2 aliphatic heterocycles. The molecule has 8 heteroatoms. The number of hydrogen-bond acceptors (Lipinski definition) is 4. The highest BCUT2D eigenvalue weighted by atomic mass is 35.5. The van der Waals surface area contributed by atoms with Crippen molar-refractivity contribution in [3.05, 3.63) is 53.1 Å². The zero-order valence-corrected chi connectivity index (χ0v) is 18.4. The molecule has 0 radical (unpaired) electrons. The third-order valence-corrected chi connectivity index (χ3v) is 7.82. The van der Waals surface area contributed by atoms with Gasteiger partial charge in [-0.3, -0.25) is 4.79 Å². The Hall–Kier alpha value is -2.09. The van der Waals surface area contributed by atoms with Crippen LogP contribution in [0.3, 0.4) is 0 Å². The van der Waals surface area contributed by atoms with Crippen molar-refractivity contribution < 1.29 is 13.2 Å². The molecule has 2 fully saturated rings. The molecule has 0 atom stereocenters. The Morgan fingerprint density at radius 1 is 0.900 bits per heavy atom. The van der Waals surface area contributed by atoms with E-state index in [1.807, 2.05) is 0 Å². The summed E-state index contributed by atoms with van der Waals surface area (Å²) < 4.78 is 27.8. The number of anilines is 2. The van der Waals surface area contributed by atoms with Gasteiger partial charge in [-0.2, -0.15) is 4.31 Å². The average Bonchev–Trinajstić information content (AvgIpc) is 3.29. The first-order valence-corrected chi connectivity index (χ1v) is 12.2. The molecule has 2 aromatic carbocycles. The summed E-state index contributed by atoms with van der Waals surface area (Å²) in [6.45, 7) is 2.77. The van der Waals surface area contributed by atoms with Gasteiger partial charge in [0.05, 0.1) is 10.5 Å². The molecule has 160 valence electrons. The van der Waals surface area contributed by atoms with Crippen LogP contribution in [0.5, 0.6) is 0 Å². The van der Waals surface area contributed by atoms with E-state index in [1.54, 1.807) is 36.4 Å². The summed E-state index contributed by atoms with van der Waals surface area (Å²) in [7, 11) is -3.62. The maximum absolute atomic E-state index is 13.2. The van der Waals surface area contributed by atoms with Crippen LogP contribution in [0.15, 0.2) is 47.4 Å². The number of benzene rings is 2. The van der Waals surface area contributed by atoms with Crippen molar-refractivity contribution in [1.29, 1.82) is 0 Å². The molecular weight excluding hydrogens is 422 g/mol. The Bertz CT molecular complexity index is 1030. The number of hydrogen-bond donors (Lipinski definition) is 1. The van der Waals surface area contributed by atoms with Gasteiger partial charge in [0.15, 0.2) is 0 Å². The monoisotopic (exact) mass is 447 g/mol. The Morgan fingerprint density at radius 3 is 2.30 bits per heavy atom. The topological polar surface area (TPSA) is 69.7 Å². The SMILES string of the molecule is O=C(Nc1cccc(Cl)c1)c1cc(S(=O)(=O)N2CCCCC2)ccc1N1CCCC1. The normalized spacial score (nSPS) is 17.8. The van der Waals surface area contributed by atoms with Crippen LogP contribution in [0.25, 0.3) is 0 Å². The third kappa shape index (κ3) is 4.48. The summed E-state index contributed by atoms with van der Waals surface area (Å²) in [5.74, 6) is -0.338. The molecule has 0 aromatic heterocycles. The molecule has 1 amide bonds. The highest BCUT2D eigenvalue weighted by Crippen LogP contribution is 2.30. The Balaban J connectivity index is 1.70. The predicted molar refractivity (Wildman–Crippen MR) is 120 cm³/mol. The maximum atomic E-state index is 13.2. The second-order valence-corrected chi connectivity index (χ2v) is 10.2. The molecule has 1 N–H and O–H groups in total. The lowest BCUT2D eigenvalue weighted by Crippen LogP contribution is -2.35. The number of carbonyl (C=O) groups is 1. The summed E-state index contributed by atoms with van der Waals surface area (Å²) in [5, 5.41) is 3.38. The fourth-order valence-corrected chi connectivity index (χ4v) is 5.84. The number of nitrogens with zero attached hydrogens (tertiary/aromatic N) is 2. The van der Waals surface area contributed by atoms with E-state index >= 15 is 0 Å². The van der Waals surface area contributed by atoms with Gasteiger partial charge in [0.2, 0.25) is 10.0 Å². The van der Waals surface area contributed by atoms with Gasteiger partial charge in [-0.25, -0.2) is 8.42 Å². The van der Waals surface area contributed by atoms with Crippen LogP contribution >= 0.6 is 11.6 Å². The van der Waals surface area contributed by atoms with Gasteiger partial charge < -0.3 is 10.2 Å². The Kier molecular flexibility index (Phi) is 6.32. The summed E-state index contributed by atoms with van der Waals surface area (Å²) in [6.07, 6.45) is 4.90. The molecule has 30 heavy (non-hydrogen) atoms. The molecule has 0 bridgehead atoms. The molecular formula is C22H26ClN3O3S. The minimum absolute atomic E-state index is 0.170. The number of piperidine rings is 1. The van der Waals surface area contributed by atoms with E-state index in [4.69, 9.17) is 11.6 Å². The maximum Gasteiger partial charge on any atom is 0.257 e. The molecule has 0 spiro atoms. The summed E-state index contributed by atoms with van der Waals surface area (Å²) in [6, 6.07) is 11.9. The highest BCUT2D eigenvalue weighted by molar-refractivity contribution is 7.89. The Labute approximate surface area is 182 Å². The molecule has 4 rings (SSSR count). The van der Waals surface area contributed by atoms with Crippen molar-refractivity contribution in [3.63, 3.8) is 0 Å². The number of nitrogens with one attached hydrogen (secondary N) is 1. The van der Waals surface area contributed by atoms with Crippen molar-refractivity contribution >= 4 is 38.9 Å². The minimum atomic E-state index is -3.62. The number of halogens is 1. The van der Waals surface area contributed by atoms with Crippen LogP contribution in [0.4, 0.5) is 11.4 Å². The lowest BCUT2D eigenvalue weighted by molar-refractivity contribution is 0.102. The molecule has 2 heterocycles. The van der Waals surface area contributed by atoms with Crippen LogP contribution < -0.4 is 10.2 Å². The first-order chi connectivity index (χ1) is 14.4. The van der Waals surface area contributed by atoms with E-state index in [0.29, 0.717) is 29.4 Å². The third-order valence-electron chi connectivity index (χ3n) is 5.69. The number of sulfonamides is 1. The summed E-state index contributed by atoms with van der Waals surface area (Å²) >= 11 is 6.04. The van der Waals surface area contributed by atoms with Gasteiger partial charge in [0.1, 0.15) is 0 Å². The fraction of sp³-hybridized carbons (Fsp3) is 0.409. The highest BCUT2D eigenvalue weighted by Gasteiger charge is 2.28. The van der Waals surface area contributed by atoms with Crippen LogP contribution in [0.1, 0.15) is 42.5 Å². The fourth-order valence-electron chi connectivity index (χ4n) is 4.11. The van der Waals surface area contributed by atoms with Gasteiger partial charge in [-0.15, -0.1) is 0 Å². The summed E-state index contributed by atoms with van der Waals surface area (Å²) in [5.41, 5.74) is 1.71. The van der Waals surface area contributed by atoms with Crippen molar-refractivity contribution in [2.45, 2.75) is 37.0 Å². The standard InChI is InChI=1S/C22H26ClN3O3S/c23-17-7-6-8-18(15-17)24-22(27)20-16-19(9-10-21(20)25-11-4-5-12-25)30(28,29)26-13-2-1-3-14-26/h6-10,15-16H,1-5,11-14H2,(H,24,27). The van der Waals surface area contributed by atoms with Gasteiger partial charge in [0, 0.05) is 42.6 Å². The first kappa shape index (κ1) is 21.2. The van der Waals surface area contributed by atoms with Gasteiger partial charge in [0.25, 0.3) is 5.91 Å². The van der Waals surface area contributed by atoms with Gasteiger partial charge in [-0.05, 0) is 62.1 Å². The van der Waals surface area contributed by atoms with E-state index in [1.165, 1.54) is 10.4 Å². The first-order valence-electron chi connectivity index (χ1n) is 10.4. The van der Waals surface area contributed by atoms with E-state index < -0.39 is 10.0 Å². The summed E-state index contributed by atoms with van der Waals surface area (Å²) in [4.78, 5) is 15.5. The van der Waals surface area contributed by atoms with Crippen molar-refractivity contribution in [1.82, 2.24) is 4.31 Å². The predicted octanol–water partition coefficient (Wildman–Crippen LogP) is 4.37. The van der Waals surface area contributed by atoms with Crippen molar-refractivity contribution in [2.24, 2.45) is 0 Å². The molecule has 2 aromatic rings. The zero-order valence-electron chi connectivity index (χ0n) is 16.8. The number of carbonyl (C=O) groups excluding carboxylic acids is 1. The number of amides is 1. The lowest BCUT2D eigenvalue weighted by Gasteiger charge is -2.27. The Morgan fingerprint density at radius 2 is 1.60 bits per heavy atom. The smallest absolute Gasteiger partial charge is 0.257 e. The van der Waals surface area contributed by atoms with Crippen LogP contribution in [0.2, 0.25) is 5.02 Å². The quantitative estimate of drug-likeness (QED) is 0.739. The lowest BCUT2D eigenvalue weighted by atomic mass is 10.1. The van der Waals surface area contributed by atoms with Gasteiger partial charge in [-0.1, -0.05) is 24.1 Å². The molecule has 2 saturated heterocycles. The van der Waals surface area contributed by atoms with Crippen LogP contribution in [-0.4, -0.2) is 44.8 Å².